The van der Waals surface area contributed by atoms with E-state index in [1.165, 1.54) is 17.0 Å². The van der Waals surface area contributed by atoms with Crippen molar-refractivity contribution in [2.24, 2.45) is 0 Å². The van der Waals surface area contributed by atoms with Crippen molar-refractivity contribution < 1.29 is 28.0 Å². The van der Waals surface area contributed by atoms with Crippen LogP contribution in [0.2, 0.25) is 0 Å². The molecule has 1 unspecified atom stereocenters. The molecular weight excluding hydrogens is 480 g/mol. The SMILES string of the molecule is O=C1CCC(N2Cc3cc(CCC(=O)C(F)(F)c4cccc(N5CCCCC5)c4)ccc3C2=O)C(=O)N1. The largest absolute Gasteiger partial charge is 0.372 e. The summed E-state index contributed by atoms with van der Waals surface area (Å²) in [6.07, 6.45) is 3.38. The fraction of sp³-hybridized carbons (Fsp3) is 0.429. The van der Waals surface area contributed by atoms with Crippen molar-refractivity contribution in [3.05, 3.63) is 64.7 Å². The molecule has 194 valence electrons. The molecule has 3 aliphatic heterocycles. The van der Waals surface area contributed by atoms with Gasteiger partial charge in [0.25, 0.3) is 5.91 Å². The minimum Gasteiger partial charge on any atom is -0.372 e. The molecule has 0 bridgehead atoms. The van der Waals surface area contributed by atoms with Gasteiger partial charge in [-0.2, -0.15) is 8.78 Å². The Morgan fingerprint density at radius 2 is 1.81 bits per heavy atom. The molecule has 2 aromatic rings. The molecule has 37 heavy (non-hydrogen) atoms. The van der Waals surface area contributed by atoms with E-state index in [0.717, 1.165) is 32.4 Å². The number of alkyl halides is 2. The number of carbonyl (C=O) groups excluding carboxylic acids is 4. The quantitative estimate of drug-likeness (QED) is 0.575. The van der Waals surface area contributed by atoms with E-state index in [2.05, 4.69) is 10.2 Å². The van der Waals surface area contributed by atoms with Crippen LogP contribution in [0.4, 0.5) is 14.5 Å². The first-order chi connectivity index (χ1) is 17.7. The third kappa shape index (κ3) is 4.99. The van der Waals surface area contributed by atoms with E-state index < -0.39 is 23.7 Å². The predicted molar refractivity (Wildman–Crippen MR) is 132 cm³/mol. The molecule has 3 amide bonds. The molecule has 0 aromatic heterocycles. The van der Waals surface area contributed by atoms with Gasteiger partial charge in [-0.05, 0) is 61.4 Å². The van der Waals surface area contributed by atoms with Crippen LogP contribution in [-0.2, 0) is 33.3 Å². The summed E-state index contributed by atoms with van der Waals surface area (Å²) in [6.45, 7) is 1.84. The van der Waals surface area contributed by atoms with Crippen LogP contribution >= 0.6 is 0 Å². The third-order valence-corrected chi connectivity index (χ3v) is 7.51. The van der Waals surface area contributed by atoms with E-state index in [9.17, 15) is 19.2 Å². The van der Waals surface area contributed by atoms with Crippen LogP contribution in [0.3, 0.4) is 0 Å². The van der Waals surface area contributed by atoms with Crippen LogP contribution in [0.15, 0.2) is 42.5 Å². The van der Waals surface area contributed by atoms with E-state index >= 15 is 8.78 Å². The van der Waals surface area contributed by atoms with Gasteiger partial charge in [0, 0.05) is 49.3 Å². The summed E-state index contributed by atoms with van der Waals surface area (Å²) < 4.78 is 30.2. The zero-order chi connectivity index (χ0) is 26.2. The smallest absolute Gasteiger partial charge is 0.330 e. The maximum absolute atomic E-state index is 15.1. The molecule has 1 atom stereocenters. The Morgan fingerprint density at radius 3 is 2.57 bits per heavy atom. The second kappa shape index (κ2) is 10.0. The van der Waals surface area contributed by atoms with Gasteiger partial charge in [-0.1, -0.05) is 24.3 Å². The Kier molecular flexibility index (Phi) is 6.79. The summed E-state index contributed by atoms with van der Waals surface area (Å²) >= 11 is 0. The molecule has 0 spiro atoms. The first kappa shape index (κ1) is 25.0. The zero-order valence-corrected chi connectivity index (χ0v) is 20.5. The number of halogens is 2. The van der Waals surface area contributed by atoms with E-state index in [0.29, 0.717) is 22.4 Å². The minimum absolute atomic E-state index is 0.111. The zero-order valence-electron chi connectivity index (χ0n) is 20.5. The monoisotopic (exact) mass is 509 g/mol. The van der Waals surface area contributed by atoms with E-state index in [-0.39, 0.29) is 49.6 Å². The van der Waals surface area contributed by atoms with Crippen LogP contribution in [0.1, 0.15) is 65.6 Å². The Balaban J connectivity index is 1.24. The summed E-state index contributed by atoms with van der Waals surface area (Å²) in [5.74, 6) is -5.89. The molecule has 5 rings (SSSR count). The Labute approximate surface area is 213 Å². The number of benzene rings is 2. The molecule has 3 aliphatic rings. The van der Waals surface area contributed by atoms with E-state index in [1.54, 1.807) is 30.3 Å². The number of imide groups is 1. The summed E-state index contributed by atoms with van der Waals surface area (Å²) in [6, 6.07) is 10.4. The van der Waals surface area contributed by atoms with Gasteiger partial charge >= 0.3 is 5.92 Å². The topological polar surface area (TPSA) is 86.8 Å². The summed E-state index contributed by atoms with van der Waals surface area (Å²) in [4.78, 5) is 52.6. The van der Waals surface area contributed by atoms with E-state index in [4.69, 9.17) is 0 Å². The lowest BCUT2D eigenvalue weighted by Gasteiger charge is -2.29. The van der Waals surface area contributed by atoms with Crippen molar-refractivity contribution in [1.29, 1.82) is 0 Å². The number of Topliss-reactive ketones (excluding diaryl/α,β-unsaturated/α-hetero) is 1. The fourth-order valence-electron chi connectivity index (χ4n) is 5.41. The van der Waals surface area contributed by atoms with Gasteiger partial charge < -0.3 is 9.80 Å². The Morgan fingerprint density at radius 1 is 1.03 bits per heavy atom. The highest BCUT2D eigenvalue weighted by Gasteiger charge is 2.41. The highest BCUT2D eigenvalue weighted by Crippen LogP contribution is 2.34. The lowest BCUT2D eigenvalue weighted by atomic mass is 9.97. The van der Waals surface area contributed by atoms with Crippen molar-refractivity contribution in [2.45, 2.75) is 63.5 Å². The Bertz CT molecular complexity index is 1260. The molecule has 7 nitrogen and oxygen atoms in total. The minimum atomic E-state index is -3.60. The molecule has 2 aromatic carbocycles. The number of aryl methyl sites for hydroxylation is 1. The number of rotatable bonds is 7. The number of carbonyl (C=O) groups is 4. The average Bonchev–Trinajstić information content (AvgIpc) is 3.23. The highest BCUT2D eigenvalue weighted by atomic mass is 19.3. The van der Waals surface area contributed by atoms with E-state index in [1.807, 2.05) is 0 Å². The van der Waals surface area contributed by atoms with Crippen molar-refractivity contribution in [3.8, 4) is 0 Å². The van der Waals surface area contributed by atoms with Crippen LogP contribution in [0, 0.1) is 0 Å². The maximum atomic E-state index is 15.1. The second-order valence-electron chi connectivity index (χ2n) is 9.99. The number of nitrogens with one attached hydrogen (secondary N) is 1. The number of amides is 3. The van der Waals surface area contributed by atoms with Crippen LogP contribution in [0.5, 0.6) is 0 Å². The first-order valence-electron chi connectivity index (χ1n) is 12.8. The fourth-order valence-corrected chi connectivity index (χ4v) is 5.41. The highest BCUT2D eigenvalue weighted by molar-refractivity contribution is 6.05. The second-order valence-corrected chi connectivity index (χ2v) is 9.99. The lowest BCUT2D eigenvalue weighted by Crippen LogP contribution is -2.52. The van der Waals surface area contributed by atoms with Crippen molar-refractivity contribution in [1.82, 2.24) is 10.2 Å². The first-order valence-corrected chi connectivity index (χ1v) is 12.8. The van der Waals surface area contributed by atoms with Gasteiger partial charge in [0.05, 0.1) is 0 Å². The molecule has 9 heteroatoms. The van der Waals surface area contributed by atoms with Crippen LogP contribution < -0.4 is 10.2 Å². The summed E-state index contributed by atoms with van der Waals surface area (Å²) in [5, 5.41) is 2.26. The standard InChI is InChI=1S/C28H29F2N3O4/c29-28(30,20-5-4-6-21(16-20)32-13-2-1-3-14-32)24(34)11-8-18-7-9-22-19(15-18)17-33(27(22)37)23-10-12-25(35)31-26(23)36/h4-7,9,15-16,23H,1-3,8,10-14,17H2,(H,31,35,36). The van der Waals surface area contributed by atoms with Crippen molar-refractivity contribution >= 4 is 29.2 Å². The molecule has 1 N–H and O–H groups in total. The van der Waals surface area contributed by atoms with Gasteiger partial charge in [0.2, 0.25) is 17.6 Å². The van der Waals surface area contributed by atoms with Gasteiger partial charge in [0.15, 0.2) is 0 Å². The maximum Gasteiger partial charge on any atom is 0.330 e. The number of nitrogens with zero attached hydrogens (tertiary/aromatic N) is 2. The van der Waals surface area contributed by atoms with Gasteiger partial charge in [-0.3, -0.25) is 24.5 Å². The van der Waals surface area contributed by atoms with Crippen molar-refractivity contribution in [3.63, 3.8) is 0 Å². The number of anilines is 1. The predicted octanol–water partition coefficient (Wildman–Crippen LogP) is 3.73. The molecular formula is C28H29F2N3O4. The van der Waals surface area contributed by atoms with Crippen molar-refractivity contribution in [2.75, 3.05) is 18.0 Å². The molecule has 0 saturated carbocycles. The number of hydrogen-bond donors (Lipinski definition) is 1. The van der Waals surface area contributed by atoms with Gasteiger partial charge in [-0.15, -0.1) is 0 Å². The van der Waals surface area contributed by atoms with Gasteiger partial charge in [0.1, 0.15) is 6.04 Å². The molecule has 2 saturated heterocycles. The normalized spacial score (nSPS) is 20.2. The van der Waals surface area contributed by atoms with Crippen LogP contribution in [0.25, 0.3) is 0 Å². The number of hydrogen-bond acceptors (Lipinski definition) is 5. The van der Waals surface area contributed by atoms with Gasteiger partial charge in [-0.25, -0.2) is 0 Å². The average molecular weight is 510 g/mol. The van der Waals surface area contributed by atoms with Crippen LogP contribution in [-0.4, -0.2) is 47.5 Å². The summed E-state index contributed by atoms with van der Waals surface area (Å²) in [7, 11) is 0. The number of ketones is 1. The lowest BCUT2D eigenvalue weighted by molar-refractivity contribution is -0.144. The molecule has 0 radical (unpaired) electrons. The molecule has 2 fully saturated rings. The third-order valence-electron chi connectivity index (χ3n) is 7.51. The summed E-state index contributed by atoms with van der Waals surface area (Å²) in [5.41, 5.74) is 2.22. The Hall–Kier alpha value is -3.62. The molecule has 0 aliphatic carbocycles. The number of fused-ring (bicyclic) bond motifs is 1. The number of piperidine rings is 2. The molecule has 3 heterocycles.